The molecule has 14 heavy (non-hydrogen) atoms. The molecular formula is C11H26N2O. The largest absolute Gasteiger partial charge is 0.394 e. The summed E-state index contributed by atoms with van der Waals surface area (Å²) in [4.78, 5) is 2.30. The Morgan fingerprint density at radius 1 is 1.43 bits per heavy atom. The van der Waals surface area contributed by atoms with Crippen LogP contribution in [0.3, 0.4) is 0 Å². The molecule has 0 saturated carbocycles. The average Bonchev–Trinajstić information content (AvgIpc) is 2.17. The monoisotopic (exact) mass is 202 g/mol. The van der Waals surface area contributed by atoms with Gasteiger partial charge in [-0.15, -0.1) is 0 Å². The van der Waals surface area contributed by atoms with E-state index in [4.69, 9.17) is 10.8 Å². The van der Waals surface area contributed by atoms with Gasteiger partial charge in [0.05, 0.1) is 6.61 Å². The van der Waals surface area contributed by atoms with Gasteiger partial charge in [0.2, 0.25) is 0 Å². The van der Waals surface area contributed by atoms with Crippen molar-refractivity contribution in [2.75, 3.05) is 20.2 Å². The predicted octanol–water partition coefficient (Wildman–Crippen LogP) is 1.21. The number of aliphatic hydroxyl groups is 1. The molecule has 0 amide bonds. The molecule has 3 N–H and O–H groups in total. The van der Waals surface area contributed by atoms with E-state index in [0.717, 1.165) is 25.8 Å². The minimum atomic E-state index is -0.363. The number of nitrogens with two attached hydrogens (primary N) is 1. The molecule has 0 spiro atoms. The molecule has 0 fully saturated rings. The lowest BCUT2D eigenvalue weighted by Crippen LogP contribution is -2.43. The molecule has 3 nitrogen and oxygen atoms in total. The summed E-state index contributed by atoms with van der Waals surface area (Å²) in [6.45, 7) is 7.54. The molecule has 0 aliphatic carbocycles. The van der Waals surface area contributed by atoms with E-state index in [9.17, 15) is 0 Å². The minimum Gasteiger partial charge on any atom is -0.394 e. The van der Waals surface area contributed by atoms with Crippen LogP contribution in [-0.2, 0) is 0 Å². The zero-order chi connectivity index (χ0) is 11.2. The summed E-state index contributed by atoms with van der Waals surface area (Å²) in [5, 5.41) is 9.12. The lowest BCUT2D eigenvalue weighted by molar-refractivity contribution is 0.171. The molecule has 0 saturated heterocycles. The highest BCUT2D eigenvalue weighted by Crippen LogP contribution is 2.13. The van der Waals surface area contributed by atoms with Crippen LogP contribution < -0.4 is 5.73 Å². The topological polar surface area (TPSA) is 49.5 Å². The van der Waals surface area contributed by atoms with Gasteiger partial charge in [-0.3, -0.25) is 0 Å². The van der Waals surface area contributed by atoms with Gasteiger partial charge in [0.25, 0.3) is 0 Å². The first-order chi connectivity index (χ1) is 6.45. The van der Waals surface area contributed by atoms with Crippen LogP contribution in [0.4, 0.5) is 0 Å². The van der Waals surface area contributed by atoms with Crippen molar-refractivity contribution in [1.29, 1.82) is 0 Å². The summed E-state index contributed by atoms with van der Waals surface area (Å²) >= 11 is 0. The smallest absolute Gasteiger partial charge is 0.0611 e. The predicted molar refractivity (Wildman–Crippen MR) is 61.3 cm³/mol. The van der Waals surface area contributed by atoms with Crippen LogP contribution in [0.2, 0.25) is 0 Å². The van der Waals surface area contributed by atoms with Crippen molar-refractivity contribution in [3.8, 4) is 0 Å². The number of hydrogen-bond donors (Lipinski definition) is 2. The molecule has 1 unspecified atom stereocenters. The molecule has 0 rings (SSSR count). The lowest BCUT2D eigenvalue weighted by atomic mass is 9.92. The molecule has 3 heteroatoms. The number of nitrogens with zero attached hydrogens (tertiary/aromatic N) is 1. The number of rotatable bonds is 7. The molecule has 0 aromatic carbocycles. The first kappa shape index (κ1) is 13.9. The Morgan fingerprint density at radius 3 is 2.36 bits per heavy atom. The van der Waals surface area contributed by atoms with Crippen LogP contribution in [0.1, 0.15) is 40.0 Å². The molecule has 1 atom stereocenters. The van der Waals surface area contributed by atoms with E-state index in [1.54, 1.807) is 0 Å². The first-order valence-electron chi connectivity index (χ1n) is 5.55. The second-order valence-electron chi connectivity index (χ2n) is 4.55. The van der Waals surface area contributed by atoms with Gasteiger partial charge in [0.15, 0.2) is 0 Å². The highest BCUT2D eigenvalue weighted by Gasteiger charge is 2.20. The van der Waals surface area contributed by atoms with Crippen molar-refractivity contribution in [3.05, 3.63) is 0 Å². The van der Waals surface area contributed by atoms with E-state index >= 15 is 0 Å². The summed E-state index contributed by atoms with van der Waals surface area (Å²) in [6, 6.07) is 0.581. The third-order valence-electron chi connectivity index (χ3n) is 3.09. The molecule has 0 aromatic heterocycles. The van der Waals surface area contributed by atoms with E-state index in [-0.39, 0.29) is 12.1 Å². The summed E-state index contributed by atoms with van der Waals surface area (Å²) in [5.74, 6) is 0. The van der Waals surface area contributed by atoms with Gasteiger partial charge in [-0.25, -0.2) is 0 Å². The van der Waals surface area contributed by atoms with Gasteiger partial charge in [-0.05, 0) is 46.7 Å². The SMILES string of the molecule is CCC(N)(CO)CCCN(C)C(C)C. The first-order valence-corrected chi connectivity index (χ1v) is 5.55. The molecule has 0 heterocycles. The quantitative estimate of drug-likeness (QED) is 0.652. The summed E-state index contributed by atoms with van der Waals surface area (Å²) in [5.41, 5.74) is 5.63. The van der Waals surface area contributed by atoms with Crippen LogP contribution in [0.5, 0.6) is 0 Å². The van der Waals surface area contributed by atoms with Crippen LogP contribution >= 0.6 is 0 Å². The van der Waals surface area contributed by atoms with E-state index in [0.29, 0.717) is 6.04 Å². The van der Waals surface area contributed by atoms with Crippen LogP contribution in [0.15, 0.2) is 0 Å². The van der Waals surface area contributed by atoms with Crippen LogP contribution in [0, 0.1) is 0 Å². The third-order valence-corrected chi connectivity index (χ3v) is 3.09. The van der Waals surface area contributed by atoms with Crippen LogP contribution in [-0.4, -0.2) is 41.8 Å². The Morgan fingerprint density at radius 2 is 2.00 bits per heavy atom. The molecule has 0 bridgehead atoms. The zero-order valence-corrected chi connectivity index (χ0v) is 10.1. The van der Waals surface area contributed by atoms with Gasteiger partial charge in [-0.1, -0.05) is 6.92 Å². The minimum absolute atomic E-state index is 0.0922. The van der Waals surface area contributed by atoms with Crippen molar-refractivity contribution >= 4 is 0 Å². The van der Waals surface area contributed by atoms with E-state index < -0.39 is 0 Å². The van der Waals surface area contributed by atoms with Gasteiger partial charge >= 0.3 is 0 Å². The van der Waals surface area contributed by atoms with Gasteiger partial charge in [0, 0.05) is 11.6 Å². The molecule has 86 valence electrons. The Labute approximate surface area is 88.3 Å². The fraction of sp³-hybridized carbons (Fsp3) is 1.00. The number of aliphatic hydroxyl groups excluding tert-OH is 1. The fourth-order valence-electron chi connectivity index (χ4n) is 1.31. The maximum absolute atomic E-state index is 9.12. The van der Waals surface area contributed by atoms with E-state index in [1.165, 1.54) is 0 Å². The van der Waals surface area contributed by atoms with Crippen molar-refractivity contribution in [1.82, 2.24) is 4.90 Å². The van der Waals surface area contributed by atoms with Crippen molar-refractivity contribution in [2.45, 2.75) is 51.6 Å². The van der Waals surface area contributed by atoms with Gasteiger partial charge < -0.3 is 15.7 Å². The van der Waals surface area contributed by atoms with Gasteiger partial charge in [-0.2, -0.15) is 0 Å². The molecule has 0 aliphatic rings. The maximum Gasteiger partial charge on any atom is 0.0611 e. The summed E-state index contributed by atoms with van der Waals surface area (Å²) < 4.78 is 0. The Hall–Kier alpha value is -0.120. The standard InChI is InChI=1S/C11H26N2O/c1-5-11(12,9-14)7-6-8-13(4)10(2)3/h10,14H,5-9,12H2,1-4H3. The molecule has 0 aromatic rings. The highest BCUT2D eigenvalue weighted by molar-refractivity contribution is 4.81. The average molecular weight is 202 g/mol. The second-order valence-corrected chi connectivity index (χ2v) is 4.55. The Bertz CT molecular complexity index is 144. The number of hydrogen-bond acceptors (Lipinski definition) is 3. The summed E-state index contributed by atoms with van der Waals surface area (Å²) in [7, 11) is 2.12. The summed E-state index contributed by atoms with van der Waals surface area (Å²) in [6.07, 6.45) is 2.80. The highest BCUT2D eigenvalue weighted by atomic mass is 16.3. The van der Waals surface area contributed by atoms with Crippen molar-refractivity contribution < 1.29 is 5.11 Å². The lowest BCUT2D eigenvalue weighted by Gasteiger charge is -2.27. The normalized spacial score (nSPS) is 16.3. The third kappa shape index (κ3) is 4.94. The molecule has 0 aliphatic heterocycles. The van der Waals surface area contributed by atoms with Crippen LogP contribution in [0.25, 0.3) is 0 Å². The fourth-order valence-corrected chi connectivity index (χ4v) is 1.31. The molecule has 0 radical (unpaired) electrons. The maximum atomic E-state index is 9.12. The Kier molecular flexibility index (Phi) is 6.33. The molecular weight excluding hydrogens is 176 g/mol. The van der Waals surface area contributed by atoms with E-state index in [1.807, 2.05) is 6.92 Å². The van der Waals surface area contributed by atoms with E-state index in [2.05, 4.69) is 25.8 Å². The second kappa shape index (κ2) is 6.38. The zero-order valence-electron chi connectivity index (χ0n) is 10.1. The van der Waals surface area contributed by atoms with Gasteiger partial charge in [0.1, 0.15) is 0 Å². The van der Waals surface area contributed by atoms with Crippen molar-refractivity contribution in [2.24, 2.45) is 5.73 Å². The van der Waals surface area contributed by atoms with Crippen molar-refractivity contribution in [3.63, 3.8) is 0 Å². The Balaban J connectivity index is 3.72.